The molecule has 4 heterocycles. The number of nitrogens with one attached hydrogen (secondary N) is 1. The van der Waals surface area contributed by atoms with E-state index in [-0.39, 0.29) is 0 Å². The minimum absolute atomic E-state index is 0.383. The largest absolute Gasteiger partial charge is 0.382 e. The summed E-state index contributed by atoms with van der Waals surface area (Å²) in [6.45, 7) is 0. The van der Waals surface area contributed by atoms with E-state index in [1.54, 1.807) is 23.7 Å². The Labute approximate surface area is 158 Å². The lowest BCUT2D eigenvalue weighted by Crippen LogP contribution is -1.97. The van der Waals surface area contributed by atoms with Crippen molar-refractivity contribution in [1.82, 2.24) is 29.9 Å². The standard InChI is InChI=1S/C19H15N7S/c20-17-16-19(26-18(25-17)12-7-21-10-22-8-12)27-15(24-16)6-5-11-9-23-14-4-2-1-3-13(11)14/h1-4,7-10,23H,5-6H2,(H2,20,25,26). The highest BCUT2D eigenvalue weighted by atomic mass is 32.1. The van der Waals surface area contributed by atoms with Gasteiger partial charge in [-0.15, -0.1) is 0 Å². The quantitative estimate of drug-likeness (QED) is 0.500. The molecular formula is C19H15N7S. The van der Waals surface area contributed by atoms with Crippen molar-refractivity contribution in [2.45, 2.75) is 12.8 Å². The summed E-state index contributed by atoms with van der Waals surface area (Å²) in [5.74, 6) is 0.904. The van der Waals surface area contributed by atoms with Gasteiger partial charge in [-0.2, -0.15) is 0 Å². The van der Waals surface area contributed by atoms with Crippen molar-refractivity contribution >= 4 is 38.4 Å². The van der Waals surface area contributed by atoms with E-state index in [0.717, 1.165) is 33.8 Å². The summed E-state index contributed by atoms with van der Waals surface area (Å²) in [7, 11) is 0. The number of aromatic nitrogens is 6. The molecule has 0 aliphatic heterocycles. The van der Waals surface area contributed by atoms with Gasteiger partial charge in [0, 0.05) is 35.9 Å². The van der Waals surface area contributed by atoms with E-state index in [1.165, 1.54) is 17.3 Å². The summed E-state index contributed by atoms with van der Waals surface area (Å²) in [6, 6.07) is 8.31. The van der Waals surface area contributed by atoms with Crippen LogP contribution in [0.2, 0.25) is 0 Å². The number of fused-ring (bicyclic) bond motifs is 2. The number of hydrogen-bond donors (Lipinski definition) is 2. The van der Waals surface area contributed by atoms with Gasteiger partial charge >= 0.3 is 0 Å². The van der Waals surface area contributed by atoms with Gasteiger partial charge in [0.15, 0.2) is 11.6 Å². The van der Waals surface area contributed by atoms with Crippen LogP contribution in [0.15, 0.2) is 49.2 Å². The highest BCUT2D eigenvalue weighted by molar-refractivity contribution is 7.18. The molecule has 1 aromatic carbocycles. The Morgan fingerprint density at radius 2 is 1.85 bits per heavy atom. The first-order valence-electron chi connectivity index (χ1n) is 8.51. The van der Waals surface area contributed by atoms with Crippen LogP contribution in [-0.4, -0.2) is 29.9 Å². The third-order valence-electron chi connectivity index (χ3n) is 4.43. The van der Waals surface area contributed by atoms with Gasteiger partial charge in [0.1, 0.15) is 16.7 Å². The Balaban J connectivity index is 1.45. The molecule has 0 unspecified atom stereocenters. The second-order valence-electron chi connectivity index (χ2n) is 6.18. The van der Waals surface area contributed by atoms with Crippen LogP contribution in [0.25, 0.3) is 32.6 Å². The Hall–Kier alpha value is -3.39. The average molecular weight is 373 g/mol. The number of para-hydroxylation sites is 1. The summed E-state index contributed by atoms with van der Waals surface area (Å²) in [5, 5.41) is 2.25. The number of H-pyrrole nitrogens is 1. The second kappa shape index (κ2) is 6.40. The maximum atomic E-state index is 6.12. The fourth-order valence-corrected chi connectivity index (χ4v) is 4.06. The average Bonchev–Trinajstić information content (AvgIpc) is 3.31. The number of nitrogen functional groups attached to an aromatic ring is 1. The Morgan fingerprint density at radius 3 is 2.74 bits per heavy atom. The topological polar surface area (TPSA) is 106 Å². The molecule has 0 bridgehead atoms. The molecule has 0 fully saturated rings. The molecule has 8 heteroatoms. The zero-order valence-corrected chi connectivity index (χ0v) is 15.1. The number of rotatable bonds is 4. The fraction of sp³-hybridized carbons (Fsp3) is 0.105. The van der Waals surface area contributed by atoms with Gasteiger partial charge < -0.3 is 10.7 Å². The minimum atomic E-state index is 0.383. The van der Waals surface area contributed by atoms with Crippen LogP contribution < -0.4 is 5.73 Å². The van der Waals surface area contributed by atoms with Crippen molar-refractivity contribution < 1.29 is 0 Å². The first-order chi connectivity index (χ1) is 13.3. The van der Waals surface area contributed by atoms with Crippen molar-refractivity contribution in [2.75, 3.05) is 5.73 Å². The number of aromatic amines is 1. The second-order valence-corrected chi connectivity index (χ2v) is 7.24. The van der Waals surface area contributed by atoms with Crippen molar-refractivity contribution in [3.63, 3.8) is 0 Å². The van der Waals surface area contributed by atoms with Crippen molar-refractivity contribution in [3.8, 4) is 11.4 Å². The summed E-state index contributed by atoms with van der Waals surface area (Å²) < 4.78 is 0. The lowest BCUT2D eigenvalue weighted by molar-refractivity contribution is 0.956. The van der Waals surface area contributed by atoms with Gasteiger partial charge in [-0.25, -0.2) is 24.9 Å². The van der Waals surface area contributed by atoms with Gasteiger partial charge in [-0.05, 0) is 18.1 Å². The zero-order valence-electron chi connectivity index (χ0n) is 14.3. The molecular weight excluding hydrogens is 358 g/mol. The Bertz CT molecular complexity index is 1240. The molecule has 0 aliphatic carbocycles. The van der Waals surface area contributed by atoms with Crippen LogP contribution in [-0.2, 0) is 12.8 Å². The van der Waals surface area contributed by atoms with Gasteiger partial charge in [-0.3, -0.25) is 0 Å². The molecule has 0 aliphatic rings. The SMILES string of the molecule is Nc1nc(-c2cncnc2)nc2sc(CCc3c[nH]c4ccccc34)nc12. The monoisotopic (exact) mass is 373 g/mol. The molecule has 5 rings (SSSR count). The number of nitrogens with two attached hydrogens (primary N) is 1. The van der Waals surface area contributed by atoms with Gasteiger partial charge in [0.2, 0.25) is 0 Å². The van der Waals surface area contributed by atoms with E-state index in [0.29, 0.717) is 17.2 Å². The van der Waals surface area contributed by atoms with Crippen LogP contribution in [0.1, 0.15) is 10.6 Å². The van der Waals surface area contributed by atoms with E-state index in [4.69, 9.17) is 5.73 Å². The van der Waals surface area contributed by atoms with E-state index in [9.17, 15) is 0 Å². The summed E-state index contributed by atoms with van der Waals surface area (Å²) in [4.78, 5) is 25.7. The number of benzene rings is 1. The molecule has 5 aromatic rings. The number of thiazole rings is 1. The molecule has 0 amide bonds. The zero-order chi connectivity index (χ0) is 18.2. The molecule has 0 saturated heterocycles. The molecule has 0 spiro atoms. The highest BCUT2D eigenvalue weighted by Crippen LogP contribution is 2.28. The molecule has 7 nitrogen and oxygen atoms in total. The van der Waals surface area contributed by atoms with Crippen LogP contribution in [0, 0.1) is 0 Å². The van der Waals surface area contributed by atoms with Crippen LogP contribution in [0.3, 0.4) is 0 Å². The van der Waals surface area contributed by atoms with E-state index < -0.39 is 0 Å². The fourth-order valence-electron chi connectivity index (χ4n) is 3.12. The van der Waals surface area contributed by atoms with Crippen molar-refractivity contribution in [1.29, 1.82) is 0 Å². The maximum Gasteiger partial charge on any atom is 0.166 e. The first kappa shape index (κ1) is 15.8. The van der Waals surface area contributed by atoms with E-state index >= 15 is 0 Å². The van der Waals surface area contributed by atoms with E-state index in [1.807, 2.05) is 6.07 Å². The highest BCUT2D eigenvalue weighted by Gasteiger charge is 2.13. The summed E-state index contributed by atoms with van der Waals surface area (Å²) in [5.41, 5.74) is 9.96. The molecule has 132 valence electrons. The number of nitrogens with zero attached hydrogens (tertiary/aromatic N) is 5. The van der Waals surface area contributed by atoms with Crippen molar-refractivity contribution in [3.05, 3.63) is 59.8 Å². The minimum Gasteiger partial charge on any atom is -0.382 e. The summed E-state index contributed by atoms with van der Waals surface area (Å²) >= 11 is 1.55. The molecule has 0 saturated carbocycles. The van der Waals surface area contributed by atoms with Gasteiger partial charge in [0.05, 0.1) is 10.6 Å². The predicted molar refractivity (Wildman–Crippen MR) is 106 cm³/mol. The molecule has 4 aromatic heterocycles. The maximum absolute atomic E-state index is 6.12. The van der Waals surface area contributed by atoms with E-state index in [2.05, 4.69) is 54.3 Å². The smallest absolute Gasteiger partial charge is 0.166 e. The Morgan fingerprint density at radius 1 is 1.00 bits per heavy atom. The number of aryl methyl sites for hydroxylation is 2. The number of anilines is 1. The first-order valence-corrected chi connectivity index (χ1v) is 9.33. The molecule has 0 atom stereocenters. The van der Waals surface area contributed by atoms with Gasteiger partial charge in [0.25, 0.3) is 0 Å². The van der Waals surface area contributed by atoms with Crippen molar-refractivity contribution in [2.24, 2.45) is 0 Å². The normalized spacial score (nSPS) is 11.4. The molecule has 3 N–H and O–H groups in total. The number of hydrogen-bond acceptors (Lipinski definition) is 7. The van der Waals surface area contributed by atoms with Gasteiger partial charge in [-0.1, -0.05) is 29.5 Å². The lowest BCUT2D eigenvalue weighted by atomic mass is 10.1. The predicted octanol–water partition coefficient (Wildman–Crippen LogP) is 3.39. The molecule has 0 radical (unpaired) electrons. The third-order valence-corrected chi connectivity index (χ3v) is 5.44. The Kier molecular flexibility index (Phi) is 3.75. The summed E-state index contributed by atoms with van der Waals surface area (Å²) in [6.07, 6.45) is 8.61. The lowest BCUT2D eigenvalue weighted by Gasteiger charge is -2.00. The third kappa shape index (κ3) is 2.89. The molecule has 27 heavy (non-hydrogen) atoms. The van der Waals surface area contributed by atoms with Crippen LogP contribution >= 0.6 is 11.3 Å². The van der Waals surface area contributed by atoms with Crippen LogP contribution in [0.5, 0.6) is 0 Å². The van der Waals surface area contributed by atoms with Crippen LogP contribution in [0.4, 0.5) is 5.82 Å².